The third-order valence-electron chi connectivity index (χ3n) is 5.22. The van der Waals surface area contributed by atoms with E-state index >= 15 is 0 Å². The van der Waals surface area contributed by atoms with Crippen LogP contribution in [0, 0.1) is 6.92 Å². The van der Waals surface area contributed by atoms with Crippen LogP contribution in [0.3, 0.4) is 0 Å². The van der Waals surface area contributed by atoms with Gasteiger partial charge in [-0.05, 0) is 60.9 Å². The van der Waals surface area contributed by atoms with E-state index in [9.17, 15) is 13.2 Å². The summed E-state index contributed by atoms with van der Waals surface area (Å²) in [5.74, 6) is -0.0637. The summed E-state index contributed by atoms with van der Waals surface area (Å²) in [4.78, 5) is 12.5. The Morgan fingerprint density at radius 2 is 1.76 bits per heavy atom. The van der Waals surface area contributed by atoms with Crippen LogP contribution in [0.1, 0.15) is 11.1 Å². The van der Waals surface area contributed by atoms with Crippen molar-refractivity contribution in [2.24, 2.45) is 0 Å². The van der Waals surface area contributed by atoms with Gasteiger partial charge >= 0.3 is 0 Å². The first-order valence-electron chi connectivity index (χ1n) is 9.95. The van der Waals surface area contributed by atoms with Crippen LogP contribution in [-0.2, 0) is 21.2 Å². The van der Waals surface area contributed by atoms with E-state index in [0.29, 0.717) is 35.7 Å². The molecule has 0 saturated heterocycles. The van der Waals surface area contributed by atoms with Crippen LogP contribution < -0.4 is 14.4 Å². The van der Waals surface area contributed by atoms with E-state index in [0.717, 1.165) is 5.56 Å². The molecule has 6 nitrogen and oxygen atoms in total. The Labute approximate surface area is 207 Å². The average molecular weight is 526 g/mol. The van der Waals surface area contributed by atoms with Crippen molar-refractivity contribution in [3.63, 3.8) is 0 Å². The molecule has 4 rings (SSSR count). The van der Waals surface area contributed by atoms with Crippen molar-refractivity contribution in [3.8, 4) is 5.75 Å². The zero-order valence-electron chi connectivity index (χ0n) is 17.4. The highest BCUT2D eigenvalue weighted by Crippen LogP contribution is 2.34. The Balaban J connectivity index is 1.45. The van der Waals surface area contributed by atoms with Crippen molar-refractivity contribution in [3.05, 3.63) is 80.8 Å². The first-order chi connectivity index (χ1) is 15.7. The first kappa shape index (κ1) is 23.7. The van der Waals surface area contributed by atoms with Gasteiger partial charge in [-0.3, -0.25) is 9.10 Å². The Hall–Kier alpha value is -2.45. The largest absolute Gasteiger partial charge is 0.483 e. The molecule has 0 bridgehead atoms. The van der Waals surface area contributed by atoms with E-state index in [-0.39, 0.29) is 26.6 Å². The number of fused-ring (bicyclic) bond motifs is 1. The van der Waals surface area contributed by atoms with Gasteiger partial charge in [-0.1, -0.05) is 53.0 Å². The molecule has 1 aliphatic heterocycles. The molecule has 1 amide bonds. The molecule has 0 spiro atoms. The number of ether oxygens (including phenoxy) is 1. The van der Waals surface area contributed by atoms with Crippen LogP contribution in [0.25, 0.3) is 0 Å². The van der Waals surface area contributed by atoms with Crippen LogP contribution in [0.15, 0.2) is 59.5 Å². The van der Waals surface area contributed by atoms with Gasteiger partial charge in [0.15, 0.2) is 6.61 Å². The number of nitrogens with one attached hydrogen (secondary N) is 1. The third-order valence-corrected chi connectivity index (χ3v) is 8.07. The van der Waals surface area contributed by atoms with Gasteiger partial charge in [0.25, 0.3) is 15.9 Å². The maximum atomic E-state index is 13.2. The molecule has 3 aromatic rings. The van der Waals surface area contributed by atoms with Gasteiger partial charge in [0.05, 0.1) is 31.3 Å². The normalized spacial score (nSPS) is 13.0. The lowest BCUT2D eigenvalue weighted by atomic mass is 10.2. The van der Waals surface area contributed by atoms with Gasteiger partial charge in [-0.25, -0.2) is 8.42 Å². The van der Waals surface area contributed by atoms with Crippen LogP contribution in [0.2, 0.25) is 15.1 Å². The summed E-state index contributed by atoms with van der Waals surface area (Å²) in [6.07, 6.45) is 0.674. The second kappa shape index (κ2) is 9.43. The first-order valence-corrected chi connectivity index (χ1v) is 12.5. The zero-order valence-corrected chi connectivity index (χ0v) is 20.5. The number of carbonyl (C=O) groups excluding carboxylic acids is 1. The van der Waals surface area contributed by atoms with Crippen molar-refractivity contribution in [2.45, 2.75) is 18.2 Å². The maximum absolute atomic E-state index is 13.2. The van der Waals surface area contributed by atoms with Crippen molar-refractivity contribution in [2.75, 3.05) is 22.8 Å². The fraction of sp³-hybridized carbons (Fsp3) is 0.174. The molecule has 1 heterocycles. The molecular formula is C23H19Cl3N2O4S. The molecule has 172 valence electrons. The Bertz CT molecular complexity index is 1350. The molecule has 0 unspecified atom stereocenters. The monoisotopic (exact) mass is 524 g/mol. The van der Waals surface area contributed by atoms with Crippen molar-refractivity contribution in [1.82, 2.24) is 0 Å². The summed E-state index contributed by atoms with van der Waals surface area (Å²) in [6.45, 7) is 1.82. The summed E-state index contributed by atoms with van der Waals surface area (Å²) < 4.78 is 33.4. The highest BCUT2D eigenvalue weighted by Gasteiger charge is 2.30. The number of amides is 1. The average Bonchev–Trinajstić information content (AvgIpc) is 3.21. The quantitative estimate of drug-likeness (QED) is 0.417. The molecule has 3 aromatic carbocycles. The highest BCUT2D eigenvalue weighted by atomic mass is 35.5. The Kier molecular flexibility index (Phi) is 6.77. The summed E-state index contributed by atoms with van der Waals surface area (Å²) in [5, 5.41) is 3.38. The molecule has 0 aliphatic carbocycles. The van der Waals surface area contributed by atoms with Gasteiger partial charge < -0.3 is 10.1 Å². The second-order valence-corrected chi connectivity index (χ2v) is 10.6. The van der Waals surface area contributed by atoms with E-state index in [1.54, 1.807) is 19.1 Å². The van der Waals surface area contributed by atoms with Crippen LogP contribution in [-0.4, -0.2) is 27.5 Å². The molecule has 0 fully saturated rings. The lowest BCUT2D eigenvalue weighted by Crippen LogP contribution is -2.29. The van der Waals surface area contributed by atoms with Gasteiger partial charge in [0.1, 0.15) is 5.75 Å². The SMILES string of the molecule is Cc1cc(S(=O)(=O)N2CCc3ccccc32)ccc1OCC(=O)Nc1cc(Cl)c(Cl)cc1Cl. The molecule has 0 saturated carbocycles. The number of aryl methyl sites for hydroxylation is 1. The van der Waals surface area contributed by atoms with E-state index in [2.05, 4.69) is 5.32 Å². The molecule has 0 aromatic heterocycles. The number of benzene rings is 3. The van der Waals surface area contributed by atoms with E-state index in [4.69, 9.17) is 39.5 Å². The van der Waals surface area contributed by atoms with Crippen molar-refractivity contribution < 1.29 is 17.9 Å². The molecular weight excluding hydrogens is 507 g/mol. The number of hydrogen-bond acceptors (Lipinski definition) is 4. The van der Waals surface area contributed by atoms with E-state index in [1.165, 1.54) is 22.5 Å². The fourth-order valence-corrected chi connectivity index (χ4v) is 5.76. The fourth-order valence-electron chi connectivity index (χ4n) is 3.58. The maximum Gasteiger partial charge on any atom is 0.264 e. The van der Waals surface area contributed by atoms with E-state index < -0.39 is 15.9 Å². The standard InChI is InChI=1S/C23H19Cl3N2O4S/c1-14-10-16(33(30,31)28-9-8-15-4-2-3-5-21(15)28)6-7-22(14)32-13-23(29)27-20-12-18(25)17(24)11-19(20)26/h2-7,10-12H,8-9,13H2,1H3,(H,27,29). The van der Waals surface area contributed by atoms with Gasteiger partial charge in [-0.15, -0.1) is 0 Å². The lowest BCUT2D eigenvalue weighted by Gasteiger charge is -2.20. The number of anilines is 2. The molecule has 1 N–H and O–H groups in total. The van der Waals surface area contributed by atoms with Crippen molar-refractivity contribution >= 4 is 62.1 Å². The van der Waals surface area contributed by atoms with Crippen LogP contribution in [0.4, 0.5) is 11.4 Å². The minimum atomic E-state index is -3.72. The minimum Gasteiger partial charge on any atom is -0.483 e. The molecule has 0 radical (unpaired) electrons. The molecule has 0 atom stereocenters. The minimum absolute atomic E-state index is 0.163. The summed E-state index contributed by atoms with van der Waals surface area (Å²) in [5.41, 5.74) is 2.60. The summed E-state index contributed by atoms with van der Waals surface area (Å²) in [6, 6.07) is 14.9. The van der Waals surface area contributed by atoms with Gasteiger partial charge in [-0.2, -0.15) is 0 Å². The van der Waals surface area contributed by atoms with Gasteiger partial charge in [0.2, 0.25) is 0 Å². The molecule has 33 heavy (non-hydrogen) atoms. The molecule has 10 heteroatoms. The number of carbonyl (C=O) groups is 1. The number of hydrogen-bond donors (Lipinski definition) is 1. The predicted molar refractivity (Wildman–Crippen MR) is 131 cm³/mol. The predicted octanol–water partition coefficient (Wildman–Crippen LogP) is 5.72. The number of nitrogens with zero attached hydrogens (tertiary/aromatic N) is 1. The Morgan fingerprint density at radius 3 is 2.52 bits per heavy atom. The van der Waals surface area contributed by atoms with Gasteiger partial charge in [0, 0.05) is 6.54 Å². The smallest absolute Gasteiger partial charge is 0.264 e. The summed E-state index contributed by atoms with van der Waals surface area (Å²) in [7, 11) is -3.72. The number of rotatable bonds is 6. The number of sulfonamides is 1. The van der Waals surface area contributed by atoms with Crippen LogP contribution >= 0.6 is 34.8 Å². The highest BCUT2D eigenvalue weighted by molar-refractivity contribution is 7.92. The lowest BCUT2D eigenvalue weighted by molar-refractivity contribution is -0.118. The second-order valence-electron chi connectivity index (χ2n) is 7.47. The Morgan fingerprint density at radius 1 is 1.03 bits per heavy atom. The molecule has 1 aliphatic rings. The van der Waals surface area contributed by atoms with Crippen LogP contribution in [0.5, 0.6) is 5.75 Å². The van der Waals surface area contributed by atoms with E-state index in [1.807, 2.05) is 24.3 Å². The summed E-state index contributed by atoms with van der Waals surface area (Å²) >= 11 is 17.9. The third kappa shape index (κ3) is 4.92. The zero-order chi connectivity index (χ0) is 23.8. The number of para-hydroxylation sites is 1. The number of halogens is 3. The van der Waals surface area contributed by atoms with Crippen molar-refractivity contribution in [1.29, 1.82) is 0 Å². The topological polar surface area (TPSA) is 75.7 Å².